The van der Waals surface area contributed by atoms with E-state index in [1.165, 1.54) is 12.2 Å². The molecule has 0 saturated heterocycles. The molecule has 6 N–H and O–H groups in total. The van der Waals surface area contributed by atoms with Crippen molar-refractivity contribution in [3.8, 4) is 0 Å². The van der Waals surface area contributed by atoms with E-state index in [0.29, 0.717) is 0 Å². The van der Waals surface area contributed by atoms with Gasteiger partial charge < -0.3 is 10.2 Å². The molecule has 0 unspecified atom stereocenters. The lowest BCUT2D eigenvalue weighted by atomic mass is 10.5. The van der Waals surface area contributed by atoms with Gasteiger partial charge in [-0.3, -0.25) is 0 Å². The van der Waals surface area contributed by atoms with Crippen LogP contribution >= 0.6 is 0 Å². The van der Waals surface area contributed by atoms with E-state index in [-0.39, 0.29) is 6.61 Å². The van der Waals surface area contributed by atoms with Gasteiger partial charge in [0.2, 0.25) is 0 Å². The Kier molecular flexibility index (Phi) is 18.6. The number of aliphatic hydroxyl groups excluding tert-OH is 2. The highest BCUT2D eigenvalue weighted by molar-refractivity contribution is 4.98. The molecule has 0 aromatic heterocycles. The summed E-state index contributed by atoms with van der Waals surface area (Å²) in [6.07, 6.45) is 5.41. The molecule has 0 fully saturated rings. The van der Waals surface area contributed by atoms with Gasteiger partial charge in [0.15, 0.2) is 0 Å². The Labute approximate surface area is 59.1 Å². The van der Waals surface area contributed by atoms with E-state index >= 15 is 0 Å². The molecule has 0 aliphatic rings. The maximum absolute atomic E-state index is 8.09. The number of rotatable bonds is 2. The van der Waals surface area contributed by atoms with Crippen LogP contribution in [0.4, 0.5) is 0 Å². The summed E-state index contributed by atoms with van der Waals surface area (Å²) in [6.45, 7) is 0.0182. The first kappa shape index (κ1) is 11.9. The molecule has 0 aliphatic carbocycles. The van der Waals surface area contributed by atoms with Crippen LogP contribution < -0.4 is 11.8 Å². The Bertz CT molecular complexity index is 92.9. The van der Waals surface area contributed by atoms with Gasteiger partial charge in [-0.25, -0.2) is 4.94 Å². The Hall–Kier alpha value is -0.880. The number of hydrogen-bond donors (Lipinski definition) is 4. The molecule has 0 radical (unpaired) electrons. The van der Waals surface area contributed by atoms with Crippen molar-refractivity contribution in [2.75, 3.05) is 6.61 Å². The Morgan fingerprint density at radius 3 is 2.10 bits per heavy atom. The van der Waals surface area contributed by atoms with Gasteiger partial charge in [-0.05, 0) is 6.08 Å². The molecular weight excluding hydrogens is 136 g/mol. The average Bonchev–Trinajstić information content (AvgIpc) is 1.91. The second-order valence-corrected chi connectivity index (χ2v) is 1.09. The molecular formula is C5H12N2O3. The Morgan fingerprint density at radius 1 is 1.30 bits per heavy atom. The zero-order valence-electron chi connectivity index (χ0n) is 5.47. The third-order valence-corrected chi connectivity index (χ3v) is 0.439. The van der Waals surface area contributed by atoms with E-state index in [1.54, 1.807) is 6.08 Å². The van der Waals surface area contributed by atoms with E-state index in [4.69, 9.17) is 10.2 Å². The number of allylic oxidation sites excluding steroid dienone is 2. The molecule has 0 amide bonds. The van der Waals surface area contributed by atoms with E-state index in [9.17, 15) is 0 Å². The summed E-state index contributed by atoms with van der Waals surface area (Å²) < 4.78 is 0. The molecule has 60 valence electrons. The van der Waals surface area contributed by atoms with Gasteiger partial charge in [0.05, 0.1) is 12.9 Å². The van der Waals surface area contributed by atoms with Gasteiger partial charge in [-0.15, -0.1) is 0 Å². The minimum absolute atomic E-state index is 0.0182. The minimum atomic E-state index is 0.0182. The lowest BCUT2D eigenvalue weighted by Crippen LogP contribution is -2.03. The average molecular weight is 148 g/mol. The maximum Gasteiger partial charge on any atom is 0.0791 e. The number of aliphatic hydroxyl groups is 2. The fourth-order valence-corrected chi connectivity index (χ4v) is 0.189. The van der Waals surface area contributed by atoms with Crippen LogP contribution in [0.3, 0.4) is 0 Å². The SMILES string of the molecule is NON.OC=CC=CCO. The smallest absolute Gasteiger partial charge is 0.0791 e. The van der Waals surface area contributed by atoms with Gasteiger partial charge in [-0.1, -0.05) is 12.2 Å². The van der Waals surface area contributed by atoms with Crippen LogP contribution in [0.5, 0.6) is 0 Å². The first-order valence-electron chi connectivity index (χ1n) is 2.45. The third kappa shape index (κ3) is 27.4. The van der Waals surface area contributed by atoms with Crippen molar-refractivity contribution < 1.29 is 15.2 Å². The molecule has 0 aromatic rings. The molecule has 5 nitrogen and oxygen atoms in total. The summed E-state index contributed by atoms with van der Waals surface area (Å²) in [6, 6.07) is 0. The molecule has 0 saturated carbocycles. The van der Waals surface area contributed by atoms with Gasteiger partial charge in [0.25, 0.3) is 0 Å². The summed E-state index contributed by atoms with van der Waals surface area (Å²) in [5.74, 6) is 8.25. The zero-order valence-corrected chi connectivity index (χ0v) is 5.47. The molecule has 0 spiro atoms. The zero-order chi connectivity index (χ0) is 8.24. The number of nitrogens with two attached hydrogens (primary N) is 2. The highest BCUT2D eigenvalue weighted by Gasteiger charge is 1.59. The predicted octanol–water partition coefficient (Wildman–Crippen LogP) is -0.643. The van der Waals surface area contributed by atoms with Gasteiger partial charge in [-0.2, -0.15) is 11.8 Å². The molecule has 0 heterocycles. The van der Waals surface area contributed by atoms with Crippen molar-refractivity contribution in [2.24, 2.45) is 11.8 Å². The van der Waals surface area contributed by atoms with Crippen LogP contribution in [-0.2, 0) is 4.94 Å². The lowest BCUT2D eigenvalue weighted by Gasteiger charge is -1.70. The highest BCUT2D eigenvalue weighted by atomic mass is 16.7. The van der Waals surface area contributed by atoms with E-state index < -0.39 is 0 Å². The Morgan fingerprint density at radius 2 is 1.80 bits per heavy atom. The van der Waals surface area contributed by atoms with Gasteiger partial charge >= 0.3 is 0 Å². The Balaban J connectivity index is 0. The van der Waals surface area contributed by atoms with Crippen molar-refractivity contribution >= 4 is 0 Å². The molecule has 0 rings (SSSR count). The molecule has 5 heteroatoms. The summed E-state index contributed by atoms with van der Waals surface area (Å²) in [5.41, 5.74) is 0. The van der Waals surface area contributed by atoms with Crippen molar-refractivity contribution in [1.82, 2.24) is 0 Å². The molecule has 0 atom stereocenters. The van der Waals surface area contributed by atoms with Crippen LogP contribution in [0.25, 0.3) is 0 Å². The largest absolute Gasteiger partial charge is 0.516 e. The topological polar surface area (TPSA) is 102 Å². The standard InChI is InChI=1S/C5H8O2.H4N2O/c6-4-2-1-3-5-7;1-3-2/h1-4,6-7H,5H2;1-2H2. The van der Waals surface area contributed by atoms with Crippen molar-refractivity contribution in [2.45, 2.75) is 0 Å². The van der Waals surface area contributed by atoms with Crippen LogP contribution in [0, 0.1) is 0 Å². The number of hydrogen-bond acceptors (Lipinski definition) is 5. The van der Waals surface area contributed by atoms with E-state index in [2.05, 4.69) is 16.7 Å². The highest BCUT2D eigenvalue weighted by Crippen LogP contribution is 1.70. The predicted molar refractivity (Wildman–Crippen MR) is 37.5 cm³/mol. The fourth-order valence-electron chi connectivity index (χ4n) is 0.189. The van der Waals surface area contributed by atoms with Crippen LogP contribution in [-0.4, -0.2) is 16.8 Å². The summed E-state index contributed by atoms with van der Waals surface area (Å²) in [7, 11) is 0. The van der Waals surface area contributed by atoms with E-state index in [1.807, 2.05) is 0 Å². The quantitative estimate of drug-likeness (QED) is 0.237. The first-order chi connectivity index (χ1) is 4.83. The molecule has 10 heavy (non-hydrogen) atoms. The van der Waals surface area contributed by atoms with Crippen LogP contribution in [0.15, 0.2) is 24.5 Å². The van der Waals surface area contributed by atoms with E-state index in [0.717, 1.165) is 6.26 Å². The first-order valence-corrected chi connectivity index (χ1v) is 2.45. The summed E-state index contributed by atoms with van der Waals surface area (Å²) in [5, 5.41) is 16.1. The minimum Gasteiger partial charge on any atom is -0.516 e. The van der Waals surface area contributed by atoms with Crippen molar-refractivity contribution in [3.63, 3.8) is 0 Å². The third-order valence-electron chi connectivity index (χ3n) is 0.439. The van der Waals surface area contributed by atoms with Crippen molar-refractivity contribution in [1.29, 1.82) is 0 Å². The molecule has 0 aliphatic heterocycles. The molecule has 0 aromatic carbocycles. The molecule has 0 bridgehead atoms. The lowest BCUT2D eigenvalue weighted by molar-refractivity contribution is 0.142. The van der Waals surface area contributed by atoms with Crippen LogP contribution in [0.2, 0.25) is 0 Å². The second-order valence-electron chi connectivity index (χ2n) is 1.09. The second kappa shape index (κ2) is 15.7. The monoisotopic (exact) mass is 148 g/mol. The van der Waals surface area contributed by atoms with Crippen molar-refractivity contribution in [3.05, 3.63) is 24.5 Å². The van der Waals surface area contributed by atoms with Gasteiger partial charge in [0.1, 0.15) is 0 Å². The fraction of sp³-hybridized carbons (Fsp3) is 0.200. The maximum atomic E-state index is 8.09. The van der Waals surface area contributed by atoms with Crippen LogP contribution in [0.1, 0.15) is 0 Å². The summed E-state index contributed by atoms with van der Waals surface area (Å²) in [4.78, 5) is 3.25. The summed E-state index contributed by atoms with van der Waals surface area (Å²) >= 11 is 0. The van der Waals surface area contributed by atoms with Gasteiger partial charge in [0, 0.05) is 0 Å². The normalized spacial score (nSPS) is 9.90.